The summed E-state index contributed by atoms with van der Waals surface area (Å²) in [5.74, 6) is 1.87. The van der Waals surface area contributed by atoms with Crippen molar-refractivity contribution in [2.45, 2.75) is 70.3 Å². The summed E-state index contributed by atoms with van der Waals surface area (Å²) in [5.41, 5.74) is 2.26. The van der Waals surface area contributed by atoms with Gasteiger partial charge in [-0.3, -0.25) is 0 Å². The van der Waals surface area contributed by atoms with Gasteiger partial charge in [0.1, 0.15) is 0 Å². The average molecular weight is 410 g/mol. The Labute approximate surface area is 167 Å². The summed E-state index contributed by atoms with van der Waals surface area (Å²) < 4.78 is 33.1. The average Bonchev–Trinajstić information content (AvgIpc) is 2.66. The summed E-state index contributed by atoms with van der Waals surface area (Å²) in [4.78, 5) is 0. The minimum Gasteiger partial charge on any atom is -0.493 e. The van der Waals surface area contributed by atoms with Crippen molar-refractivity contribution in [2.75, 3.05) is 7.11 Å². The Hall–Kier alpha value is -1.31. The highest BCUT2D eigenvalue weighted by atomic mass is 32.2. The molecule has 4 rings (SSSR count). The highest BCUT2D eigenvalue weighted by Crippen LogP contribution is 2.62. The number of aliphatic hydroxyl groups is 1. The van der Waals surface area contributed by atoms with E-state index in [1.165, 1.54) is 45.6 Å². The van der Waals surface area contributed by atoms with Gasteiger partial charge in [-0.05, 0) is 78.5 Å². The highest BCUT2D eigenvalue weighted by molar-refractivity contribution is 7.84. The number of fused-ring (bicyclic) bond motifs is 5. The summed E-state index contributed by atoms with van der Waals surface area (Å²) >= 11 is 0. The van der Waals surface area contributed by atoms with Gasteiger partial charge in [-0.2, -0.15) is 13.6 Å². The second-order valence-electron chi connectivity index (χ2n) is 8.84. The van der Waals surface area contributed by atoms with Gasteiger partial charge in [-0.1, -0.05) is 26.2 Å². The second kappa shape index (κ2) is 7.18. The molecule has 6 nitrogen and oxygen atoms in total. The molecule has 7 heteroatoms. The van der Waals surface area contributed by atoms with Gasteiger partial charge in [0, 0.05) is 0 Å². The molecule has 156 valence electrons. The zero-order valence-corrected chi connectivity index (χ0v) is 17.5. The molecule has 0 spiro atoms. The number of methoxy groups -OCH3 is 1. The van der Waals surface area contributed by atoms with E-state index >= 15 is 0 Å². The summed E-state index contributed by atoms with van der Waals surface area (Å²) in [6.07, 6.45) is 8.81. The van der Waals surface area contributed by atoms with Crippen molar-refractivity contribution in [2.24, 2.45) is 22.4 Å². The third-order valence-electron chi connectivity index (χ3n) is 7.75. The quantitative estimate of drug-likeness (QED) is 0.788. The van der Waals surface area contributed by atoms with Crippen LogP contribution in [0.25, 0.3) is 0 Å². The molecular weight excluding hydrogens is 378 g/mol. The zero-order valence-electron chi connectivity index (χ0n) is 16.7. The fraction of sp³-hybridized carbons (Fsp3) is 0.714. The summed E-state index contributed by atoms with van der Waals surface area (Å²) in [6, 6.07) is 3.46. The SMILES string of the molecule is CC[C@@]12CCCCC1C1C[C@H](O)c3cc(OS(N)(=O)=O)c(OC)cc3C1CC2. The molecular formula is C21H31NO5S. The van der Waals surface area contributed by atoms with E-state index in [0.717, 1.165) is 24.0 Å². The Bertz CT molecular complexity index is 855. The van der Waals surface area contributed by atoms with Crippen molar-refractivity contribution in [3.63, 3.8) is 0 Å². The lowest BCUT2D eigenvalue weighted by atomic mass is 9.49. The number of aliphatic hydroxyl groups excluding tert-OH is 1. The molecule has 3 aliphatic carbocycles. The first-order valence-electron chi connectivity index (χ1n) is 10.4. The molecule has 0 radical (unpaired) electrons. The predicted octanol–water partition coefficient (Wildman–Crippen LogP) is 3.79. The Kier molecular flexibility index (Phi) is 5.13. The van der Waals surface area contributed by atoms with Crippen molar-refractivity contribution in [1.29, 1.82) is 0 Å². The van der Waals surface area contributed by atoms with Gasteiger partial charge >= 0.3 is 10.3 Å². The van der Waals surface area contributed by atoms with Crippen LogP contribution < -0.4 is 14.1 Å². The van der Waals surface area contributed by atoms with Gasteiger partial charge in [0.25, 0.3) is 0 Å². The van der Waals surface area contributed by atoms with E-state index in [9.17, 15) is 13.5 Å². The number of rotatable bonds is 4. The number of nitrogens with two attached hydrogens (primary N) is 1. The molecule has 28 heavy (non-hydrogen) atoms. The number of ether oxygens (including phenoxy) is 1. The lowest BCUT2D eigenvalue weighted by Crippen LogP contribution is -2.46. The molecule has 3 N–H and O–H groups in total. The van der Waals surface area contributed by atoms with E-state index in [1.54, 1.807) is 6.07 Å². The minimum absolute atomic E-state index is 0.0395. The van der Waals surface area contributed by atoms with Crippen molar-refractivity contribution in [3.05, 3.63) is 23.3 Å². The summed E-state index contributed by atoms with van der Waals surface area (Å²) in [5, 5.41) is 16.0. The largest absolute Gasteiger partial charge is 0.493 e. The fourth-order valence-corrected chi connectivity index (χ4v) is 6.90. The van der Waals surface area contributed by atoms with Crippen LogP contribution in [-0.4, -0.2) is 20.6 Å². The number of benzene rings is 1. The third kappa shape index (κ3) is 3.31. The van der Waals surface area contributed by atoms with Crippen LogP contribution in [0.4, 0.5) is 0 Å². The number of hydrogen-bond acceptors (Lipinski definition) is 5. The molecule has 0 saturated heterocycles. The maximum absolute atomic E-state index is 11.4. The van der Waals surface area contributed by atoms with Gasteiger partial charge in [-0.15, -0.1) is 0 Å². The van der Waals surface area contributed by atoms with Crippen molar-refractivity contribution in [3.8, 4) is 11.5 Å². The molecule has 2 fully saturated rings. The van der Waals surface area contributed by atoms with Crippen molar-refractivity contribution in [1.82, 2.24) is 0 Å². The minimum atomic E-state index is -4.17. The molecule has 0 bridgehead atoms. The molecule has 0 aromatic heterocycles. The molecule has 0 heterocycles. The van der Waals surface area contributed by atoms with Crippen LogP contribution in [0.3, 0.4) is 0 Å². The Morgan fingerprint density at radius 2 is 1.93 bits per heavy atom. The van der Waals surface area contributed by atoms with Crippen LogP contribution in [0, 0.1) is 17.3 Å². The van der Waals surface area contributed by atoms with E-state index in [1.807, 2.05) is 6.07 Å². The smallest absolute Gasteiger partial charge is 0.380 e. The van der Waals surface area contributed by atoms with Crippen LogP contribution >= 0.6 is 0 Å². The zero-order chi connectivity index (χ0) is 20.1. The second-order valence-corrected chi connectivity index (χ2v) is 9.99. The van der Waals surface area contributed by atoms with Crippen molar-refractivity contribution >= 4 is 10.3 Å². The van der Waals surface area contributed by atoms with Gasteiger partial charge in [0.15, 0.2) is 11.5 Å². The topological polar surface area (TPSA) is 98.9 Å². The van der Waals surface area contributed by atoms with Gasteiger partial charge in [0.2, 0.25) is 0 Å². The van der Waals surface area contributed by atoms with Crippen molar-refractivity contribution < 1.29 is 22.4 Å². The summed E-state index contributed by atoms with van der Waals surface area (Å²) in [6.45, 7) is 2.33. The van der Waals surface area contributed by atoms with Gasteiger partial charge in [-0.25, -0.2) is 0 Å². The summed E-state index contributed by atoms with van der Waals surface area (Å²) in [7, 11) is -2.68. The standard InChI is InChI=1S/C21H31NO5S/c1-3-21-8-5-4-6-17(21)15-10-18(23)16-12-20(27-28(22,24)25)19(26-2)11-14(16)13(15)7-9-21/h11-13,15,17-18,23H,3-10H2,1-2H3,(H2,22,24,25)/t13?,15?,17?,18-,21-/m0/s1. The van der Waals surface area contributed by atoms with E-state index in [4.69, 9.17) is 14.1 Å². The molecule has 2 saturated carbocycles. The molecule has 0 amide bonds. The van der Waals surface area contributed by atoms with Crippen LogP contribution in [0.2, 0.25) is 0 Å². The number of hydrogen-bond donors (Lipinski definition) is 2. The van der Waals surface area contributed by atoms with Crippen LogP contribution in [0.1, 0.15) is 81.4 Å². The Balaban J connectivity index is 1.75. The molecule has 0 aliphatic heterocycles. The maximum atomic E-state index is 11.4. The monoisotopic (exact) mass is 409 g/mol. The molecule has 3 unspecified atom stereocenters. The lowest BCUT2D eigenvalue weighted by Gasteiger charge is -2.56. The Morgan fingerprint density at radius 1 is 1.18 bits per heavy atom. The van der Waals surface area contributed by atoms with Crippen LogP contribution in [0.5, 0.6) is 11.5 Å². The molecule has 5 atom stereocenters. The molecule has 1 aromatic rings. The molecule has 1 aromatic carbocycles. The van der Waals surface area contributed by atoms with Gasteiger partial charge in [0.05, 0.1) is 13.2 Å². The highest BCUT2D eigenvalue weighted by Gasteiger charge is 2.51. The first kappa shape index (κ1) is 20.0. The third-order valence-corrected chi connectivity index (χ3v) is 8.16. The van der Waals surface area contributed by atoms with Crippen LogP contribution in [0.15, 0.2) is 12.1 Å². The maximum Gasteiger partial charge on any atom is 0.380 e. The van der Waals surface area contributed by atoms with E-state index in [2.05, 4.69) is 6.92 Å². The lowest BCUT2D eigenvalue weighted by molar-refractivity contribution is -0.0414. The first-order chi connectivity index (χ1) is 13.3. The van der Waals surface area contributed by atoms with E-state index in [0.29, 0.717) is 28.9 Å². The predicted molar refractivity (Wildman–Crippen MR) is 106 cm³/mol. The van der Waals surface area contributed by atoms with Gasteiger partial charge < -0.3 is 14.0 Å². The van der Waals surface area contributed by atoms with E-state index < -0.39 is 16.4 Å². The normalized spacial score (nSPS) is 34.7. The first-order valence-corrected chi connectivity index (χ1v) is 11.9. The van der Waals surface area contributed by atoms with E-state index in [-0.39, 0.29) is 5.75 Å². The molecule has 3 aliphatic rings. The Morgan fingerprint density at radius 3 is 2.61 bits per heavy atom. The fourth-order valence-electron chi connectivity index (χ4n) is 6.51. The van der Waals surface area contributed by atoms with Crippen LogP contribution in [-0.2, 0) is 10.3 Å².